The number of aromatic nitrogens is 3. The van der Waals surface area contributed by atoms with Gasteiger partial charge in [0.05, 0.1) is 17.1 Å². The molecule has 0 aliphatic rings. The molecule has 140 valence electrons. The van der Waals surface area contributed by atoms with Crippen molar-refractivity contribution >= 4 is 40.9 Å². The molecule has 0 spiro atoms. The van der Waals surface area contributed by atoms with Crippen LogP contribution in [0.1, 0.15) is 29.5 Å². The average molecular weight is 421 g/mol. The first-order valence-electron chi connectivity index (χ1n) is 8.46. The van der Waals surface area contributed by atoms with Crippen molar-refractivity contribution in [1.82, 2.24) is 20.1 Å². The highest BCUT2D eigenvalue weighted by atomic mass is 35.5. The van der Waals surface area contributed by atoms with Crippen LogP contribution in [-0.4, -0.2) is 26.4 Å². The molecular weight excluding hydrogens is 403 g/mol. The van der Waals surface area contributed by atoms with Crippen LogP contribution >= 0.6 is 35.0 Å². The summed E-state index contributed by atoms with van der Waals surface area (Å²) in [7, 11) is 0. The number of benzene rings is 2. The Hall–Kier alpha value is -2.02. The van der Waals surface area contributed by atoms with Crippen LogP contribution < -0.4 is 5.32 Å². The third-order valence-corrected chi connectivity index (χ3v) is 5.43. The van der Waals surface area contributed by atoms with Crippen LogP contribution in [0.25, 0.3) is 5.69 Å². The van der Waals surface area contributed by atoms with Crippen LogP contribution in [0, 0.1) is 0 Å². The summed E-state index contributed by atoms with van der Waals surface area (Å²) in [5, 5.41) is 13.0. The van der Waals surface area contributed by atoms with Gasteiger partial charge < -0.3 is 5.32 Å². The highest BCUT2D eigenvalue weighted by molar-refractivity contribution is 7.99. The number of thioether (sulfide) groups is 1. The summed E-state index contributed by atoms with van der Waals surface area (Å²) in [6, 6.07) is 14.6. The molecule has 0 fully saturated rings. The summed E-state index contributed by atoms with van der Waals surface area (Å²) in [6.45, 7) is 2.34. The quantitative estimate of drug-likeness (QED) is 0.545. The van der Waals surface area contributed by atoms with Gasteiger partial charge in [-0.2, -0.15) is 0 Å². The molecule has 1 aromatic heterocycles. The lowest BCUT2D eigenvalue weighted by molar-refractivity contribution is 0.0950. The fourth-order valence-corrected chi connectivity index (χ4v) is 3.66. The summed E-state index contributed by atoms with van der Waals surface area (Å²) < 4.78 is 1.96. The Morgan fingerprint density at radius 1 is 1.15 bits per heavy atom. The predicted molar refractivity (Wildman–Crippen MR) is 110 cm³/mol. The number of hydrogen-bond acceptors (Lipinski definition) is 4. The molecule has 8 heteroatoms. The monoisotopic (exact) mass is 420 g/mol. The molecule has 0 aliphatic carbocycles. The van der Waals surface area contributed by atoms with Gasteiger partial charge >= 0.3 is 0 Å². The van der Waals surface area contributed by atoms with Crippen molar-refractivity contribution in [2.75, 3.05) is 5.75 Å². The molecule has 1 amide bonds. The summed E-state index contributed by atoms with van der Waals surface area (Å²) in [6.07, 6.45) is 1.03. The molecule has 0 saturated heterocycles. The minimum Gasteiger partial charge on any atom is -0.345 e. The van der Waals surface area contributed by atoms with E-state index in [0.29, 0.717) is 21.4 Å². The van der Waals surface area contributed by atoms with Crippen molar-refractivity contribution in [3.63, 3.8) is 0 Å². The molecule has 3 rings (SSSR count). The van der Waals surface area contributed by atoms with E-state index in [2.05, 4.69) is 22.4 Å². The molecule has 0 saturated carbocycles. The van der Waals surface area contributed by atoms with Crippen molar-refractivity contribution in [3.8, 4) is 5.69 Å². The molecule has 27 heavy (non-hydrogen) atoms. The van der Waals surface area contributed by atoms with Gasteiger partial charge in [0.2, 0.25) is 0 Å². The first kappa shape index (κ1) is 19.7. The van der Waals surface area contributed by atoms with E-state index in [1.54, 1.807) is 30.0 Å². The van der Waals surface area contributed by atoms with Gasteiger partial charge in [0, 0.05) is 16.5 Å². The van der Waals surface area contributed by atoms with E-state index in [1.807, 2.05) is 34.9 Å². The van der Waals surface area contributed by atoms with Gasteiger partial charge in [0.15, 0.2) is 11.0 Å². The average Bonchev–Trinajstić information content (AvgIpc) is 3.09. The number of hydrogen-bond donors (Lipinski definition) is 1. The topological polar surface area (TPSA) is 59.8 Å². The number of nitrogens with one attached hydrogen (secondary N) is 1. The molecule has 0 aliphatic heterocycles. The van der Waals surface area contributed by atoms with Gasteiger partial charge in [-0.25, -0.2) is 0 Å². The first-order valence-corrected chi connectivity index (χ1v) is 10.2. The van der Waals surface area contributed by atoms with Gasteiger partial charge in [-0.3, -0.25) is 9.36 Å². The standard InChI is InChI=1S/C19H18Cl2N4OS/c1-2-10-27-19-24-23-17(25(19)14-6-4-3-5-7-14)12-22-18(26)15-11-13(20)8-9-16(15)21/h3-9,11H,2,10,12H2,1H3,(H,22,26). The number of halogens is 2. The smallest absolute Gasteiger partial charge is 0.253 e. The van der Waals surface area contributed by atoms with E-state index in [1.165, 1.54) is 0 Å². The third-order valence-electron chi connectivity index (χ3n) is 3.73. The van der Waals surface area contributed by atoms with E-state index in [9.17, 15) is 4.79 Å². The van der Waals surface area contributed by atoms with Crippen LogP contribution in [0.3, 0.4) is 0 Å². The lowest BCUT2D eigenvalue weighted by Gasteiger charge is -2.11. The number of amides is 1. The zero-order chi connectivity index (χ0) is 19.2. The second-order valence-electron chi connectivity index (χ2n) is 5.73. The SMILES string of the molecule is CCCSc1nnc(CNC(=O)c2cc(Cl)ccc2Cl)n1-c1ccccc1. The zero-order valence-corrected chi connectivity index (χ0v) is 17.0. The molecule has 1 heterocycles. The lowest BCUT2D eigenvalue weighted by atomic mass is 10.2. The fourth-order valence-electron chi connectivity index (χ4n) is 2.46. The maximum atomic E-state index is 12.5. The summed E-state index contributed by atoms with van der Waals surface area (Å²) in [5.74, 6) is 1.27. The van der Waals surface area contributed by atoms with Crippen LogP contribution in [0.15, 0.2) is 53.7 Å². The number of carbonyl (C=O) groups excluding carboxylic acids is 1. The Kier molecular flexibility index (Phi) is 6.77. The van der Waals surface area contributed by atoms with Crippen LogP contribution in [-0.2, 0) is 6.54 Å². The highest BCUT2D eigenvalue weighted by Gasteiger charge is 2.16. The van der Waals surface area contributed by atoms with Crippen molar-refractivity contribution < 1.29 is 4.79 Å². The highest BCUT2D eigenvalue weighted by Crippen LogP contribution is 2.23. The molecule has 0 bridgehead atoms. The largest absolute Gasteiger partial charge is 0.345 e. The maximum absolute atomic E-state index is 12.5. The summed E-state index contributed by atoms with van der Waals surface area (Å²) in [4.78, 5) is 12.5. The first-order chi connectivity index (χ1) is 13.1. The van der Waals surface area contributed by atoms with Gasteiger partial charge in [-0.1, -0.05) is 60.1 Å². The Morgan fingerprint density at radius 3 is 2.67 bits per heavy atom. The molecule has 0 radical (unpaired) electrons. The summed E-state index contributed by atoms with van der Waals surface area (Å²) >= 11 is 13.7. The second-order valence-corrected chi connectivity index (χ2v) is 7.63. The molecule has 5 nitrogen and oxygen atoms in total. The van der Waals surface area contributed by atoms with E-state index >= 15 is 0 Å². The van der Waals surface area contributed by atoms with Gasteiger partial charge in [-0.15, -0.1) is 10.2 Å². The molecule has 1 N–H and O–H groups in total. The van der Waals surface area contributed by atoms with Gasteiger partial charge in [-0.05, 0) is 36.8 Å². The van der Waals surface area contributed by atoms with Gasteiger partial charge in [0.25, 0.3) is 5.91 Å². The predicted octanol–water partition coefficient (Wildman–Crippen LogP) is 5.01. The molecule has 3 aromatic rings. The summed E-state index contributed by atoms with van der Waals surface area (Å²) in [5.41, 5.74) is 1.28. The normalized spacial score (nSPS) is 10.8. The number of para-hydroxylation sites is 1. The van der Waals surface area contributed by atoms with Gasteiger partial charge in [0.1, 0.15) is 0 Å². The van der Waals surface area contributed by atoms with Crippen molar-refractivity contribution in [2.24, 2.45) is 0 Å². The minimum absolute atomic E-state index is 0.219. The molecule has 0 atom stereocenters. The Labute approximate surface area is 172 Å². The maximum Gasteiger partial charge on any atom is 0.253 e. The lowest BCUT2D eigenvalue weighted by Crippen LogP contribution is -2.25. The van der Waals surface area contributed by atoms with E-state index < -0.39 is 0 Å². The zero-order valence-electron chi connectivity index (χ0n) is 14.7. The van der Waals surface area contributed by atoms with E-state index in [4.69, 9.17) is 23.2 Å². The number of nitrogens with zero attached hydrogens (tertiary/aromatic N) is 3. The number of carbonyl (C=O) groups is 1. The van der Waals surface area contributed by atoms with Crippen LogP contribution in [0.5, 0.6) is 0 Å². The Bertz CT molecular complexity index is 931. The van der Waals surface area contributed by atoms with E-state index in [-0.39, 0.29) is 12.5 Å². The second kappa shape index (κ2) is 9.26. The Balaban J connectivity index is 1.83. The van der Waals surface area contributed by atoms with Crippen molar-refractivity contribution in [1.29, 1.82) is 0 Å². The third kappa shape index (κ3) is 4.83. The minimum atomic E-state index is -0.312. The van der Waals surface area contributed by atoms with Crippen molar-refractivity contribution in [2.45, 2.75) is 25.0 Å². The molecular formula is C19H18Cl2N4OS. The Morgan fingerprint density at radius 2 is 1.93 bits per heavy atom. The van der Waals surface area contributed by atoms with E-state index in [0.717, 1.165) is 23.0 Å². The van der Waals surface area contributed by atoms with Crippen molar-refractivity contribution in [3.05, 3.63) is 70.0 Å². The molecule has 2 aromatic carbocycles. The van der Waals surface area contributed by atoms with Crippen LogP contribution in [0.4, 0.5) is 0 Å². The molecule has 0 unspecified atom stereocenters. The fraction of sp³-hybridized carbons (Fsp3) is 0.211. The van der Waals surface area contributed by atoms with Crippen LogP contribution in [0.2, 0.25) is 10.0 Å². The number of rotatable bonds is 7.